The number of carbonyl (C=O) groups is 1. The molecule has 1 aliphatic carbocycles. The van der Waals surface area contributed by atoms with Gasteiger partial charge in [0, 0.05) is 19.0 Å². The number of para-hydroxylation sites is 2. The summed E-state index contributed by atoms with van der Waals surface area (Å²) in [5, 5.41) is 17.1. The molecule has 25 heavy (non-hydrogen) atoms. The van der Waals surface area contributed by atoms with Crippen molar-refractivity contribution < 1.29 is 9.72 Å². The number of hydrogen-bond donors (Lipinski definition) is 2. The van der Waals surface area contributed by atoms with Crippen LogP contribution in [0.3, 0.4) is 0 Å². The quantitative estimate of drug-likeness (QED) is 0.568. The van der Waals surface area contributed by atoms with Gasteiger partial charge in [0.15, 0.2) is 0 Å². The van der Waals surface area contributed by atoms with Crippen LogP contribution < -0.4 is 10.6 Å². The van der Waals surface area contributed by atoms with Crippen molar-refractivity contribution in [2.75, 3.05) is 11.9 Å². The molecule has 1 saturated carbocycles. The molecule has 0 spiro atoms. The molecule has 0 saturated heterocycles. The molecular formula is C19H21N3O3. The van der Waals surface area contributed by atoms with Gasteiger partial charge < -0.3 is 10.6 Å². The maximum Gasteiger partial charge on any atom is 0.292 e. The second kappa shape index (κ2) is 7.79. The van der Waals surface area contributed by atoms with Gasteiger partial charge in [-0.2, -0.15) is 0 Å². The first-order valence-corrected chi connectivity index (χ1v) is 8.47. The molecule has 3 rings (SSSR count). The van der Waals surface area contributed by atoms with Crippen molar-refractivity contribution >= 4 is 17.3 Å². The van der Waals surface area contributed by atoms with Crippen LogP contribution in [0.1, 0.15) is 30.9 Å². The zero-order valence-electron chi connectivity index (χ0n) is 13.9. The lowest BCUT2D eigenvalue weighted by Gasteiger charge is -2.19. The molecule has 6 heteroatoms. The molecule has 1 fully saturated rings. The van der Waals surface area contributed by atoms with E-state index in [9.17, 15) is 14.9 Å². The van der Waals surface area contributed by atoms with Gasteiger partial charge in [0.2, 0.25) is 5.91 Å². The van der Waals surface area contributed by atoms with Gasteiger partial charge in [0.25, 0.3) is 5.69 Å². The molecule has 2 aromatic carbocycles. The van der Waals surface area contributed by atoms with E-state index >= 15 is 0 Å². The summed E-state index contributed by atoms with van der Waals surface area (Å²) in [4.78, 5) is 22.8. The number of nitro benzene ring substituents is 1. The highest BCUT2D eigenvalue weighted by Crippen LogP contribution is 2.40. The predicted octanol–water partition coefficient (Wildman–Crippen LogP) is 3.66. The molecule has 0 heterocycles. The second-order valence-electron chi connectivity index (χ2n) is 6.24. The van der Waals surface area contributed by atoms with E-state index in [0.29, 0.717) is 18.2 Å². The van der Waals surface area contributed by atoms with Crippen molar-refractivity contribution in [3.05, 3.63) is 70.3 Å². The number of carbonyl (C=O) groups excluding carboxylic acids is 1. The zero-order chi connectivity index (χ0) is 17.6. The number of nitrogens with zero attached hydrogens (tertiary/aromatic N) is 1. The summed E-state index contributed by atoms with van der Waals surface area (Å²) in [6, 6.07) is 16.5. The molecule has 1 amide bonds. The Balaban J connectivity index is 1.54. The maximum absolute atomic E-state index is 12.3. The molecule has 0 aromatic heterocycles. The fourth-order valence-corrected chi connectivity index (χ4v) is 2.90. The number of nitro groups is 1. The second-order valence-corrected chi connectivity index (χ2v) is 6.24. The molecule has 6 nitrogen and oxygen atoms in total. The van der Waals surface area contributed by atoms with Crippen molar-refractivity contribution in [1.82, 2.24) is 5.32 Å². The monoisotopic (exact) mass is 339 g/mol. The lowest BCUT2D eigenvalue weighted by molar-refractivity contribution is -0.384. The highest BCUT2D eigenvalue weighted by molar-refractivity contribution is 5.77. The molecule has 1 aliphatic rings. The standard InChI is InChI=1S/C19H21N3O3/c23-18(12-13-20-16-8-4-5-9-17(16)22(24)25)21-19(15-10-11-15)14-6-2-1-3-7-14/h1-9,15,19-20H,10-13H2,(H,21,23)/t19-/m1/s1. The van der Waals surface area contributed by atoms with Crippen LogP contribution in [-0.2, 0) is 4.79 Å². The van der Waals surface area contributed by atoms with Crippen LogP contribution >= 0.6 is 0 Å². The Bertz CT molecular complexity index is 745. The van der Waals surface area contributed by atoms with Crippen LogP contribution in [-0.4, -0.2) is 17.4 Å². The molecule has 1 atom stereocenters. The van der Waals surface area contributed by atoms with Gasteiger partial charge in [-0.05, 0) is 30.4 Å². The predicted molar refractivity (Wildman–Crippen MR) is 96.3 cm³/mol. The fraction of sp³-hybridized carbons (Fsp3) is 0.316. The van der Waals surface area contributed by atoms with Crippen molar-refractivity contribution in [3.63, 3.8) is 0 Å². The van der Waals surface area contributed by atoms with Crippen LogP contribution in [0.2, 0.25) is 0 Å². The van der Waals surface area contributed by atoms with E-state index in [0.717, 1.165) is 18.4 Å². The van der Waals surface area contributed by atoms with Gasteiger partial charge in [-0.15, -0.1) is 0 Å². The lowest BCUT2D eigenvalue weighted by atomic mass is 10.0. The summed E-state index contributed by atoms with van der Waals surface area (Å²) in [6.07, 6.45) is 2.53. The van der Waals surface area contributed by atoms with Crippen LogP contribution in [0.5, 0.6) is 0 Å². The molecular weight excluding hydrogens is 318 g/mol. The van der Waals surface area contributed by atoms with Gasteiger partial charge >= 0.3 is 0 Å². The summed E-state index contributed by atoms with van der Waals surface area (Å²) in [5.74, 6) is 0.460. The number of rotatable bonds is 8. The minimum Gasteiger partial charge on any atom is -0.379 e. The first-order chi connectivity index (χ1) is 12.1. The molecule has 2 N–H and O–H groups in total. The highest BCUT2D eigenvalue weighted by atomic mass is 16.6. The van der Waals surface area contributed by atoms with Crippen LogP contribution in [0.4, 0.5) is 11.4 Å². The third-order valence-corrected chi connectivity index (χ3v) is 4.34. The largest absolute Gasteiger partial charge is 0.379 e. The Morgan fingerprint density at radius 3 is 2.48 bits per heavy atom. The summed E-state index contributed by atoms with van der Waals surface area (Å²) in [7, 11) is 0. The Labute approximate surface area is 146 Å². The summed E-state index contributed by atoms with van der Waals surface area (Å²) < 4.78 is 0. The number of benzene rings is 2. The van der Waals surface area contributed by atoms with Crippen molar-refractivity contribution in [2.45, 2.75) is 25.3 Å². The molecule has 2 aromatic rings. The Morgan fingerprint density at radius 2 is 1.80 bits per heavy atom. The Kier molecular flexibility index (Phi) is 5.28. The van der Waals surface area contributed by atoms with Crippen LogP contribution in [0.15, 0.2) is 54.6 Å². The van der Waals surface area contributed by atoms with Gasteiger partial charge in [-0.3, -0.25) is 14.9 Å². The van der Waals surface area contributed by atoms with Gasteiger partial charge in [-0.25, -0.2) is 0 Å². The number of amides is 1. The molecule has 0 radical (unpaired) electrons. The van der Waals surface area contributed by atoms with E-state index in [1.165, 1.54) is 6.07 Å². The molecule has 0 bridgehead atoms. The third-order valence-electron chi connectivity index (χ3n) is 4.34. The SMILES string of the molecule is O=C(CCNc1ccccc1[N+](=O)[O-])N[C@H](c1ccccc1)C1CC1. The first kappa shape index (κ1) is 17.0. The Hall–Kier alpha value is -2.89. The normalized spacial score (nSPS) is 14.6. The fourth-order valence-electron chi connectivity index (χ4n) is 2.90. The minimum absolute atomic E-state index is 0.0167. The summed E-state index contributed by atoms with van der Waals surface area (Å²) in [5.41, 5.74) is 1.58. The molecule has 130 valence electrons. The lowest BCUT2D eigenvalue weighted by Crippen LogP contribution is -2.31. The summed E-state index contributed by atoms with van der Waals surface area (Å²) in [6.45, 7) is 0.350. The van der Waals surface area contributed by atoms with E-state index < -0.39 is 4.92 Å². The number of hydrogen-bond acceptors (Lipinski definition) is 4. The van der Waals surface area contributed by atoms with E-state index in [4.69, 9.17) is 0 Å². The van der Waals surface area contributed by atoms with E-state index in [1.807, 2.05) is 30.3 Å². The third kappa shape index (κ3) is 4.56. The highest BCUT2D eigenvalue weighted by Gasteiger charge is 2.33. The molecule has 0 unspecified atom stereocenters. The number of nitrogens with one attached hydrogen (secondary N) is 2. The van der Waals surface area contributed by atoms with E-state index in [1.54, 1.807) is 18.2 Å². The van der Waals surface area contributed by atoms with Gasteiger partial charge in [0.1, 0.15) is 5.69 Å². The Morgan fingerprint density at radius 1 is 1.12 bits per heavy atom. The van der Waals surface area contributed by atoms with Gasteiger partial charge in [0.05, 0.1) is 11.0 Å². The number of anilines is 1. The van der Waals surface area contributed by atoms with Crippen LogP contribution in [0.25, 0.3) is 0 Å². The van der Waals surface area contributed by atoms with Gasteiger partial charge in [-0.1, -0.05) is 42.5 Å². The van der Waals surface area contributed by atoms with Crippen LogP contribution in [0, 0.1) is 16.0 Å². The maximum atomic E-state index is 12.3. The van der Waals surface area contributed by atoms with Crippen molar-refractivity contribution in [2.24, 2.45) is 5.92 Å². The molecule has 0 aliphatic heterocycles. The summed E-state index contributed by atoms with van der Waals surface area (Å²) >= 11 is 0. The topological polar surface area (TPSA) is 84.3 Å². The average molecular weight is 339 g/mol. The zero-order valence-corrected chi connectivity index (χ0v) is 13.9. The van der Waals surface area contributed by atoms with Crippen molar-refractivity contribution in [3.8, 4) is 0 Å². The first-order valence-electron chi connectivity index (χ1n) is 8.47. The average Bonchev–Trinajstić information content (AvgIpc) is 3.46. The smallest absolute Gasteiger partial charge is 0.292 e. The van der Waals surface area contributed by atoms with E-state index in [-0.39, 0.29) is 24.1 Å². The van der Waals surface area contributed by atoms with E-state index in [2.05, 4.69) is 10.6 Å². The minimum atomic E-state index is -0.430. The van der Waals surface area contributed by atoms with Crippen molar-refractivity contribution in [1.29, 1.82) is 0 Å².